The van der Waals surface area contributed by atoms with E-state index in [1.165, 1.54) is 24.8 Å². The molecule has 3 rings (SSSR count). The number of nitrogens with one attached hydrogen (secondary N) is 1. The third-order valence-corrected chi connectivity index (χ3v) is 5.73. The van der Waals surface area contributed by atoms with E-state index in [4.69, 9.17) is 27.9 Å². The minimum absolute atomic E-state index is 0.173. The second kappa shape index (κ2) is 6.45. The van der Waals surface area contributed by atoms with Gasteiger partial charge in [-0.1, -0.05) is 36.2 Å². The van der Waals surface area contributed by atoms with E-state index in [-0.39, 0.29) is 5.60 Å². The van der Waals surface area contributed by atoms with Crippen molar-refractivity contribution in [1.29, 1.82) is 0 Å². The van der Waals surface area contributed by atoms with Crippen LogP contribution >= 0.6 is 23.2 Å². The van der Waals surface area contributed by atoms with Gasteiger partial charge < -0.3 is 10.1 Å². The number of rotatable bonds is 4. The Bertz CT molecular complexity index is 502. The summed E-state index contributed by atoms with van der Waals surface area (Å²) in [6.45, 7) is 3.99. The highest BCUT2D eigenvalue weighted by atomic mass is 35.5. The van der Waals surface area contributed by atoms with Crippen LogP contribution in [0.5, 0.6) is 0 Å². The number of hydrogen-bond acceptors (Lipinski definition) is 2. The topological polar surface area (TPSA) is 21.3 Å². The fourth-order valence-electron chi connectivity index (χ4n) is 3.75. The molecule has 1 aromatic carbocycles. The van der Waals surface area contributed by atoms with Crippen molar-refractivity contribution in [2.24, 2.45) is 5.92 Å². The van der Waals surface area contributed by atoms with Crippen molar-refractivity contribution < 1.29 is 4.74 Å². The van der Waals surface area contributed by atoms with Gasteiger partial charge in [0.25, 0.3) is 0 Å². The molecule has 1 N–H and O–H groups in total. The van der Waals surface area contributed by atoms with Crippen molar-refractivity contribution >= 4 is 23.2 Å². The molecule has 1 heterocycles. The summed E-state index contributed by atoms with van der Waals surface area (Å²) < 4.78 is 6.06. The summed E-state index contributed by atoms with van der Waals surface area (Å²) >= 11 is 12.3. The Balaban J connectivity index is 1.81. The Kier molecular flexibility index (Phi) is 4.80. The quantitative estimate of drug-likeness (QED) is 0.840. The lowest BCUT2D eigenvalue weighted by molar-refractivity contribution is -0.147. The molecule has 1 aliphatic heterocycles. The molecule has 1 spiro atoms. The maximum absolute atomic E-state index is 6.21. The maximum Gasteiger partial charge on any atom is 0.0686 e. The van der Waals surface area contributed by atoms with E-state index in [1.54, 1.807) is 0 Å². The second-order valence-corrected chi connectivity index (χ2v) is 7.16. The third-order valence-electron chi connectivity index (χ3n) is 4.99. The van der Waals surface area contributed by atoms with Crippen molar-refractivity contribution in [3.05, 3.63) is 33.8 Å². The molecule has 2 nitrogen and oxygen atoms in total. The maximum atomic E-state index is 6.21. The van der Waals surface area contributed by atoms with Gasteiger partial charge in [-0.3, -0.25) is 0 Å². The largest absolute Gasteiger partial charge is 0.375 e. The summed E-state index contributed by atoms with van der Waals surface area (Å²) in [6.07, 6.45) is 6.03. The molecule has 0 bridgehead atoms. The van der Waals surface area contributed by atoms with Crippen molar-refractivity contribution in [2.75, 3.05) is 13.2 Å². The van der Waals surface area contributed by atoms with Crippen molar-refractivity contribution in [2.45, 2.75) is 50.7 Å². The molecule has 2 aliphatic rings. The second-order valence-electron chi connectivity index (χ2n) is 6.35. The summed E-state index contributed by atoms with van der Waals surface area (Å²) in [5.74, 6) is 0.608. The number of ether oxygens (including phenoxy) is 1. The molecule has 2 fully saturated rings. The molecule has 0 amide bonds. The predicted molar refractivity (Wildman–Crippen MR) is 88.1 cm³/mol. The summed E-state index contributed by atoms with van der Waals surface area (Å²) in [4.78, 5) is 0. The van der Waals surface area contributed by atoms with Crippen LogP contribution in [0.3, 0.4) is 0 Å². The molecule has 116 valence electrons. The molecule has 1 aliphatic carbocycles. The van der Waals surface area contributed by atoms with Gasteiger partial charge in [0.15, 0.2) is 0 Å². The van der Waals surface area contributed by atoms with Gasteiger partial charge in [-0.25, -0.2) is 0 Å². The monoisotopic (exact) mass is 327 g/mol. The standard InChI is InChI=1S/C17H23Cl2NO/c1-2-20-16(12-4-5-14(18)15(19)10-12)13-6-9-21-17(11-13)7-3-8-17/h4-5,10,13,16,20H,2-3,6-9,11H2,1H3. The Morgan fingerprint density at radius 3 is 2.76 bits per heavy atom. The van der Waals surface area contributed by atoms with Gasteiger partial charge >= 0.3 is 0 Å². The van der Waals surface area contributed by atoms with E-state index in [2.05, 4.69) is 18.3 Å². The predicted octanol–water partition coefficient (Wildman–Crippen LogP) is 4.99. The van der Waals surface area contributed by atoms with Gasteiger partial charge in [-0.05, 0) is 62.3 Å². The number of benzene rings is 1. The Morgan fingerprint density at radius 1 is 1.33 bits per heavy atom. The highest BCUT2D eigenvalue weighted by molar-refractivity contribution is 6.42. The zero-order valence-electron chi connectivity index (χ0n) is 12.5. The molecule has 1 saturated heterocycles. The van der Waals surface area contributed by atoms with Crippen LogP contribution < -0.4 is 5.32 Å². The molecule has 2 atom stereocenters. The van der Waals surface area contributed by atoms with E-state index in [9.17, 15) is 0 Å². The Morgan fingerprint density at radius 2 is 2.14 bits per heavy atom. The van der Waals surface area contributed by atoms with Crippen LogP contribution in [0.15, 0.2) is 18.2 Å². The molecule has 1 aromatic rings. The summed E-state index contributed by atoms with van der Waals surface area (Å²) in [5, 5.41) is 4.91. The molecular weight excluding hydrogens is 305 g/mol. The molecule has 0 aromatic heterocycles. The molecule has 0 radical (unpaired) electrons. The van der Waals surface area contributed by atoms with Crippen LogP contribution in [-0.4, -0.2) is 18.8 Å². The third kappa shape index (κ3) is 3.24. The van der Waals surface area contributed by atoms with Gasteiger partial charge in [0, 0.05) is 12.6 Å². The minimum atomic E-state index is 0.173. The average molecular weight is 328 g/mol. The van der Waals surface area contributed by atoms with Gasteiger partial charge in [-0.15, -0.1) is 0 Å². The minimum Gasteiger partial charge on any atom is -0.375 e. The van der Waals surface area contributed by atoms with Crippen molar-refractivity contribution in [3.8, 4) is 0 Å². The first-order valence-corrected chi connectivity index (χ1v) is 8.71. The van der Waals surface area contributed by atoms with Gasteiger partial charge in [0.05, 0.1) is 15.6 Å². The van der Waals surface area contributed by atoms with Crippen molar-refractivity contribution in [3.63, 3.8) is 0 Å². The Labute approximate surface area is 137 Å². The summed E-state index contributed by atoms with van der Waals surface area (Å²) in [6, 6.07) is 6.36. The normalized spacial score (nSPS) is 25.6. The SMILES string of the molecule is CCNC(c1ccc(Cl)c(Cl)c1)C1CCOC2(CCC2)C1. The summed E-state index contributed by atoms with van der Waals surface area (Å²) in [7, 11) is 0. The molecular formula is C17H23Cl2NO. The van der Waals surface area contributed by atoms with E-state index in [0.29, 0.717) is 22.0 Å². The van der Waals surface area contributed by atoms with Crippen molar-refractivity contribution in [1.82, 2.24) is 5.32 Å². The van der Waals surface area contributed by atoms with Crippen LogP contribution in [-0.2, 0) is 4.74 Å². The lowest BCUT2D eigenvalue weighted by Gasteiger charge is -2.49. The zero-order valence-corrected chi connectivity index (χ0v) is 14.0. The van der Waals surface area contributed by atoms with Crippen LogP contribution in [0.4, 0.5) is 0 Å². The van der Waals surface area contributed by atoms with Crippen LogP contribution in [0.2, 0.25) is 10.0 Å². The first-order valence-electron chi connectivity index (χ1n) is 7.96. The molecule has 21 heavy (non-hydrogen) atoms. The first kappa shape index (κ1) is 15.6. The molecule has 2 unspecified atom stereocenters. The first-order chi connectivity index (χ1) is 10.1. The number of halogens is 2. The molecule has 4 heteroatoms. The molecule has 1 saturated carbocycles. The van der Waals surface area contributed by atoms with Gasteiger partial charge in [0.1, 0.15) is 0 Å². The van der Waals surface area contributed by atoms with Gasteiger partial charge in [-0.2, -0.15) is 0 Å². The fraction of sp³-hybridized carbons (Fsp3) is 0.647. The summed E-state index contributed by atoms with van der Waals surface area (Å²) in [5.41, 5.74) is 1.42. The zero-order chi connectivity index (χ0) is 14.9. The van der Waals surface area contributed by atoms with E-state index >= 15 is 0 Å². The number of hydrogen-bond donors (Lipinski definition) is 1. The van der Waals surface area contributed by atoms with Crippen LogP contribution in [0, 0.1) is 5.92 Å². The lowest BCUT2D eigenvalue weighted by atomic mass is 9.69. The smallest absolute Gasteiger partial charge is 0.0686 e. The van der Waals surface area contributed by atoms with E-state index in [0.717, 1.165) is 26.0 Å². The van der Waals surface area contributed by atoms with E-state index in [1.807, 2.05) is 12.1 Å². The highest BCUT2D eigenvalue weighted by Gasteiger charge is 2.44. The van der Waals surface area contributed by atoms with E-state index < -0.39 is 0 Å². The lowest BCUT2D eigenvalue weighted by Crippen LogP contribution is -2.48. The highest BCUT2D eigenvalue weighted by Crippen LogP contribution is 2.47. The Hall–Kier alpha value is -0.280. The van der Waals surface area contributed by atoms with Crippen LogP contribution in [0.25, 0.3) is 0 Å². The van der Waals surface area contributed by atoms with Crippen LogP contribution in [0.1, 0.15) is 50.6 Å². The fourth-order valence-corrected chi connectivity index (χ4v) is 4.06. The van der Waals surface area contributed by atoms with Gasteiger partial charge in [0.2, 0.25) is 0 Å². The average Bonchev–Trinajstić information content (AvgIpc) is 2.46.